The Bertz CT molecular complexity index is 1710. The van der Waals surface area contributed by atoms with E-state index in [1.54, 1.807) is 42.5 Å². The zero-order valence-corrected chi connectivity index (χ0v) is 21.1. The summed E-state index contributed by atoms with van der Waals surface area (Å²) in [6.45, 7) is 1.45. The Labute approximate surface area is 224 Å². The zero-order valence-electron chi connectivity index (χ0n) is 20.4. The molecular weight excluding hydrogens is 498 g/mol. The van der Waals surface area contributed by atoms with E-state index in [0.717, 1.165) is 27.1 Å². The fraction of sp³-hybridized carbons (Fsp3) is 0.0645. The van der Waals surface area contributed by atoms with Gasteiger partial charge < -0.3 is 10.1 Å². The second kappa shape index (κ2) is 9.65. The van der Waals surface area contributed by atoms with E-state index in [1.165, 1.54) is 11.9 Å². The molecule has 7 heteroatoms. The number of rotatable bonds is 4. The number of nitrogens with zero attached hydrogens (tertiary/aromatic N) is 2. The van der Waals surface area contributed by atoms with E-state index in [2.05, 4.69) is 16.5 Å². The molecule has 1 aliphatic rings. The van der Waals surface area contributed by atoms with Crippen molar-refractivity contribution in [2.45, 2.75) is 13.2 Å². The number of hydrogen-bond donors (Lipinski definition) is 1. The van der Waals surface area contributed by atoms with Crippen LogP contribution in [0, 0.1) is 0 Å². The van der Waals surface area contributed by atoms with E-state index in [9.17, 15) is 9.59 Å². The number of amides is 2. The van der Waals surface area contributed by atoms with Crippen molar-refractivity contribution in [3.63, 3.8) is 0 Å². The summed E-state index contributed by atoms with van der Waals surface area (Å²) in [6.07, 6.45) is -0.794. The summed E-state index contributed by atoms with van der Waals surface area (Å²) < 4.78 is 6.41. The van der Waals surface area contributed by atoms with Crippen LogP contribution in [0.15, 0.2) is 108 Å². The molecule has 0 spiro atoms. The molecule has 0 fully saturated rings. The molecule has 5 aromatic carbocycles. The fourth-order valence-electron chi connectivity index (χ4n) is 4.74. The molecule has 1 heterocycles. The first-order valence-corrected chi connectivity index (χ1v) is 12.5. The lowest BCUT2D eigenvalue weighted by Crippen LogP contribution is -2.25. The van der Waals surface area contributed by atoms with Gasteiger partial charge in [-0.05, 0) is 51.9 Å². The quantitative estimate of drug-likeness (QED) is 0.256. The van der Waals surface area contributed by atoms with Crippen LogP contribution in [-0.2, 0) is 9.53 Å². The average molecular weight is 520 g/mol. The average Bonchev–Trinajstić information content (AvgIpc) is 3.37. The first kappa shape index (κ1) is 23.7. The number of hydrazone groups is 1. The molecule has 186 valence electrons. The molecule has 1 atom stereocenters. The smallest absolute Gasteiger partial charge is 0.257 e. The van der Waals surface area contributed by atoms with Gasteiger partial charge in [0, 0.05) is 18.2 Å². The minimum atomic E-state index is -0.794. The summed E-state index contributed by atoms with van der Waals surface area (Å²) in [7, 11) is 0. The van der Waals surface area contributed by atoms with Crippen molar-refractivity contribution >= 4 is 56.5 Å². The molecule has 1 N–H and O–H groups in total. The molecule has 0 saturated heterocycles. The van der Waals surface area contributed by atoms with Gasteiger partial charge in [0.1, 0.15) is 0 Å². The van der Waals surface area contributed by atoms with Crippen molar-refractivity contribution in [3.05, 3.63) is 125 Å². The molecule has 38 heavy (non-hydrogen) atoms. The maximum Gasteiger partial charge on any atom is 0.257 e. The van der Waals surface area contributed by atoms with Crippen molar-refractivity contribution in [1.82, 2.24) is 5.01 Å². The molecule has 6 nitrogen and oxygen atoms in total. The predicted molar refractivity (Wildman–Crippen MR) is 150 cm³/mol. The predicted octanol–water partition coefficient (Wildman–Crippen LogP) is 7.14. The zero-order chi connectivity index (χ0) is 26.2. The molecule has 6 rings (SSSR count). The number of ether oxygens (including phenoxy) is 1. The van der Waals surface area contributed by atoms with Gasteiger partial charge in [0.15, 0.2) is 0 Å². The van der Waals surface area contributed by atoms with E-state index in [4.69, 9.17) is 16.3 Å². The van der Waals surface area contributed by atoms with E-state index in [0.29, 0.717) is 27.7 Å². The van der Waals surface area contributed by atoms with Crippen LogP contribution < -0.4 is 5.32 Å². The molecule has 0 aliphatic carbocycles. The van der Waals surface area contributed by atoms with Crippen LogP contribution in [-0.4, -0.2) is 22.7 Å². The Morgan fingerprint density at radius 3 is 2.18 bits per heavy atom. The molecule has 0 bridgehead atoms. The topological polar surface area (TPSA) is 71.0 Å². The van der Waals surface area contributed by atoms with Crippen LogP contribution in [0.5, 0.6) is 0 Å². The Kier molecular flexibility index (Phi) is 6.02. The number of hydrogen-bond acceptors (Lipinski definition) is 4. The maximum atomic E-state index is 12.8. The van der Waals surface area contributed by atoms with Crippen LogP contribution in [0.1, 0.15) is 34.6 Å². The van der Waals surface area contributed by atoms with Gasteiger partial charge in [-0.15, -0.1) is 5.10 Å². The Morgan fingerprint density at radius 1 is 0.842 bits per heavy atom. The number of carbonyl (C=O) groups is 2. The van der Waals surface area contributed by atoms with Gasteiger partial charge in [0.2, 0.25) is 18.0 Å². The van der Waals surface area contributed by atoms with Crippen molar-refractivity contribution in [3.8, 4) is 0 Å². The Balaban J connectivity index is 1.38. The highest BCUT2D eigenvalue weighted by Gasteiger charge is 2.34. The lowest BCUT2D eigenvalue weighted by Gasteiger charge is -2.20. The molecule has 2 amide bonds. The number of benzene rings is 5. The molecular formula is C31H22ClN3O3. The first-order chi connectivity index (χ1) is 18.5. The third kappa shape index (κ3) is 4.25. The van der Waals surface area contributed by atoms with Crippen molar-refractivity contribution in [1.29, 1.82) is 0 Å². The SMILES string of the molecule is CC(=O)N1N=C(c2c3ccccc3cc3ccccc23)O[C@@H]1c1cccc(NC(=O)c2ccccc2Cl)c1. The third-order valence-corrected chi connectivity index (χ3v) is 6.83. The molecule has 0 unspecified atom stereocenters. The number of carbonyl (C=O) groups excluding carboxylic acids is 2. The van der Waals surface area contributed by atoms with Crippen molar-refractivity contribution in [2.75, 3.05) is 5.32 Å². The minimum absolute atomic E-state index is 0.264. The summed E-state index contributed by atoms with van der Waals surface area (Å²) in [4.78, 5) is 25.5. The number of fused-ring (bicyclic) bond motifs is 2. The van der Waals surface area contributed by atoms with Crippen LogP contribution >= 0.6 is 11.6 Å². The normalized spacial score (nSPS) is 14.8. The second-order valence-electron chi connectivity index (χ2n) is 8.99. The van der Waals surface area contributed by atoms with E-state index in [-0.39, 0.29) is 11.8 Å². The van der Waals surface area contributed by atoms with E-state index >= 15 is 0 Å². The number of anilines is 1. The standard InChI is InChI=1S/C31H22ClN3O3/c1-19(36)35-31(22-11-8-12-23(18-22)33-29(37)26-15-6-7-16-27(26)32)38-30(34-35)28-24-13-4-2-9-20(24)17-21-10-3-5-14-25(21)28/h2-18,31H,1H3,(H,33,37)/t31-/m1/s1. The van der Waals surface area contributed by atoms with Gasteiger partial charge >= 0.3 is 0 Å². The van der Waals surface area contributed by atoms with Gasteiger partial charge in [-0.2, -0.15) is 5.01 Å². The molecule has 0 aromatic heterocycles. The largest absolute Gasteiger partial charge is 0.446 e. The molecule has 1 aliphatic heterocycles. The molecule has 0 saturated carbocycles. The van der Waals surface area contributed by atoms with Crippen molar-refractivity contribution < 1.29 is 14.3 Å². The monoisotopic (exact) mass is 519 g/mol. The van der Waals surface area contributed by atoms with E-state index < -0.39 is 6.23 Å². The van der Waals surface area contributed by atoms with Crippen LogP contribution in [0.25, 0.3) is 21.5 Å². The number of nitrogens with one attached hydrogen (secondary N) is 1. The van der Waals surface area contributed by atoms with Gasteiger partial charge in [-0.25, -0.2) is 0 Å². The number of halogens is 1. The maximum absolute atomic E-state index is 12.8. The third-order valence-electron chi connectivity index (χ3n) is 6.50. The minimum Gasteiger partial charge on any atom is -0.446 e. The highest BCUT2D eigenvalue weighted by Crippen LogP contribution is 2.36. The summed E-state index contributed by atoms with van der Waals surface area (Å²) in [5.41, 5.74) is 2.41. The second-order valence-corrected chi connectivity index (χ2v) is 9.40. The summed E-state index contributed by atoms with van der Waals surface area (Å²) in [5.74, 6) is -0.230. The Morgan fingerprint density at radius 2 is 1.50 bits per heavy atom. The van der Waals surface area contributed by atoms with E-state index in [1.807, 2.05) is 54.6 Å². The highest BCUT2D eigenvalue weighted by molar-refractivity contribution is 6.34. The van der Waals surface area contributed by atoms with Crippen LogP contribution in [0.4, 0.5) is 5.69 Å². The van der Waals surface area contributed by atoms with Gasteiger partial charge in [0.05, 0.1) is 16.1 Å². The first-order valence-electron chi connectivity index (χ1n) is 12.1. The lowest BCUT2D eigenvalue weighted by molar-refractivity contribution is -0.135. The fourth-order valence-corrected chi connectivity index (χ4v) is 4.96. The van der Waals surface area contributed by atoms with Gasteiger partial charge in [-0.1, -0.05) is 84.4 Å². The highest BCUT2D eigenvalue weighted by atomic mass is 35.5. The van der Waals surface area contributed by atoms with Crippen LogP contribution in [0.2, 0.25) is 5.02 Å². The summed E-state index contributed by atoms with van der Waals surface area (Å²) in [6, 6.07) is 32.2. The lowest BCUT2D eigenvalue weighted by atomic mass is 9.96. The van der Waals surface area contributed by atoms with Crippen LogP contribution in [0.3, 0.4) is 0 Å². The van der Waals surface area contributed by atoms with Gasteiger partial charge in [0.25, 0.3) is 5.91 Å². The summed E-state index contributed by atoms with van der Waals surface area (Å²) >= 11 is 6.19. The molecule has 0 radical (unpaired) electrons. The summed E-state index contributed by atoms with van der Waals surface area (Å²) in [5, 5.41) is 13.3. The van der Waals surface area contributed by atoms with Crippen molar-refractivity contribution in [2.24, 2.45) is 5.10 Å². The Hall–Kier alpha value is -4.68. The van der Waals surface area contributed by atoms with Gasteiger partial charge in [-0.3, -0.25) is 9.59 Å². The molecule has 5 aromatic rings.